The summed E-state index contributed by atoms with van der Waals surface area (Å²) in [5, 5.41) is 3.28. The molecule has 1 fully saturated rings. The molecule has 0 saturated carbocycles. The van der Waals surface area contributed by atoms with E-state index in [0.29, 0.717) is 11.8 Å². The van der Waals surface area contributed by atoms with Crippen LogP contribution in [0.5, 0.6) is 0 Å². The predicted octanol–water partition coefficient (Wildman–Crippen LogP) is 1.49. The summed E-state index contributed by atoms with van der Waals surface area (Å²) in [6, 6.07) is 0. The molecule has 1 heterocycles. The van der Waals surface area contributed by atoms with Gasteiger partial charge in [0.2, 0.25) is 5.91 Å². The van der Waals surface area contributed by atoms with E-state index in [2.05, 4.69) is 33.0 Å². The molecule has 3 nitrogen and oxygen atoms in total. The van der Waals surface area contributed by atoms with Gasteiger partial charge in [0.15, 0.2) is 0 Å². The molecule has 0 bridgehead atoms. The lowest BCUT2D eigenvalue weighted by atomic mass is 9.93. The minimum absolute atomic E-state index is 0.0284. The van der Waals surface area contributed by atoms with Crippen molar-refractivity contribution in [2.45, 2.75) is 39.7 Å². The third-order valence-electron chi connectivity index (χ3n) is 3.94. The summed E-state index contributed by atoms with van der Waals surface area (Å²) in [6.07, 6.45) is 0.990. The fourth-order valence-electron chi connectivity index (χ4n) is 1.92. The Labute approximate surface area is 93.2 Å². The van der Waals surface area contributed by atoms with Gasteiger partial charge in [0, 0.05) is 19.1 Å². The fourth-order valence-corrected chi connectivity index (χ4v) is 1.92. The highest BCUT2D eigenvalue weighted by Gasteiger charge is 2.35. The zero-order valence-electron chi connectivity index (χ0n) is 10.6. The number of nitrogens with one attached hydrogen (secondary N) is 1. The molecular weight excluding hydrogens is 188 g/mol. The Kier molecular flexibility index (Phi) is 3.77. The standard InChI is InChI=1S/C12H24N2O/c1-6-12(3,4)14(5)11(15)10-8-13-7-9(10)2/h9-10,13H,6-8H2,1-5H3. The van der Waals surface area contributed by atoms with Crippen molar-refractivity contribution in [3.63, 3.8) is 0 Å². The molecule has 0 aromatic heterocycles. The van der Waals surface area contributed by atoms with E-state index < -0.39 is 0 Å². The molecule has 0 aromatic rings. The molecule has 1 aliphatic heterocycles. The molecule has 88 valence electrons. The van der Waals surface area contributed by atoms with Gasteiger partial charge in [-0.25, -0.2) is 0 Å². The summed E-state index contributed by atoms with van der Waals surface area (Å²) >= 11 is 0. The van der Waals surface area contributed by atoms with Gasteiger partial charge in [0.1, 0.15) is 0 Å². The first kappa shape index (κ1) is 12.5. The SMILES string of the molecule is CCC(C)(C)N(C)C(=O)C1CNCC1C. The summed E-state index contributed by atoms with van der Waals surface area (Å²) in [6.45, 7) is 10.3. The van der Waals surface area contributed by atoms with Crippen LogP contribution >= 0.6 is 0 Å². The number of carbonyl (C=O) groups is 1. The number of amides is 1. The lowest BCUT2D eigenvalue weighted by Gasteiger charge is -2.37. The van der Waals surface area contributed by atoms with Crippen LogP contribution in [-0.2, 0) is 4.79 Å². The lowest BCUT2D eigenvalue weighted by molar-refractivity contribution is -0.139. The van der Waals surface area contributed by atoms with Crippen LogP contribution in [0.25, 0.3) is 0 Å². The molecule has 0 aromatic carbocycles. The largest absolute Gasteiger partial charge is 0.340 e. The second-order valence-corrected chi connectivity index (χ2v) is 5.31. The molecule has 1 saturated heterocycles. The van der Waals surface area contributed by atoms with Crippen LogP contribution in [0, 0.1) is 11.8 Å². The maximum atomic E-state index is 12.2. The van der Waals surface area contributed by atoms with Crippen LogP contribution in [0.15, 0.2) is 0 Å². The highest BCUT2D eigenvalue weighted by atomic mass is 16.2. The normalized spacial score (nSPS) is 26.7. The minimum Gasteiger partial charge on any atom is -0.340 e. The molecule has 2 atom stereocenters. The maximum Gasteiger partial charge on any atom is 0.227 e. The summed E-state index contributed by atoms with van der Waals surface area (Å²) < 4.78 is 0. The summed E-state index contributed by atoms with van der Waals surface area (Å²) in [4.78, 5) is 14.2. The Morgan fingerprint density at radius 3 is 2.47 bits per heavy atom. The molecule has 0 radical (unpaired) electrons. The Morgan fingerprint density at radius 2 is 2.07 bits per heavy atom. The van der Waals surface area contributed by atoms with Crippen molar-refractivity contribution in [1.29, 1.82) is 0 Å². The fraction of sp³-hybridized carbons (Fsp3) is 0.917. The van der Waals surface area contributed by atoms with Gasteiger partial charge < -0.3 is 10.2 Å². The van der Waals surface area contributed by atoms with Crippen molar-refractivity contribution in [2.75, 3.05) is 20.1 Å². The van der Waals surface area contributed by atoms with Gasteiger partial charge in [-0.1, -0.05) is 13.8 Å². The first-order chi connectivity index (χ1) is 6.90. The third-order valence-corrected chi connectivity index (χ3v) is 3.94. The predicted molar refractivity (Wildman–Crippen MR) is 62.7 cm³/mol. The lowest BCUT2D eigenvalue weighted by Crippen LogP contribution is -2.48. The second kappa shape index (κ2) is 4.52. The van der Waals surface area contributed by atoms with E-state index in [1.54, 1.807) is 0 Å². The number of carbonyl (C=O) groups excluding carboxylic acids is 1. The topological polar surface area (TPSA) is 32.3 Å². The van der Waals surface area contributed by atoms with E-state index in [0.717, 1.165) is 19.5 Å². The zero-order valence-corrected chi connectivity index (χ0v) is 10.6. The van der Waals surface area contributed by atoms with Crippen molar-refractivity contribution in [2.24, 2.45) is 11.8 Å². The molecular formula is C12H24N2O. The van der Waals surface area contributed by atoms with Crippen molar-refractivity contribution < 1.29 is 4.79 Å². The average molecular weight is 212 g/mol. The quantitative estimate of drug-likeness (QED) is 0.768. The Bertz CT molecular complexity index is 238. The van der Waals surface area contributed by atoms with Gasteiger partial charge in [-0.2, -0.15) is 0 Å². The second-order valence-electron chi connectivity index (χ2n) is 5.31. The minimum atomic E-state index is -0.0284. The van der Waals surface area contributed by atoms with Crippen LogP contribution in [0.2, 0.25) is 0 Å². The molecule has 0 spiro atoms. The average Bonchev–Trinajstić information content (AvgIpc) is 2.62. The molecule has 1 N–H and O–H groups in total. The number of rotatable bonds is 3. The van der Waals surface area contributed by atoms with E-state index >= 15 is 0 Å². The van der Waals surface area contributed by atoms with E-state index in [1.165, 1.54) is 0 Å². The molecule has 3 heteroatoms. The molecule has 1 rings (SSSR count). The summed E-state index contributed by atoms with van der Waals surface area (Å²) in [5.41, 5.74) is -0.0284. The highest BCUT2D eigenvalue weighted by molar-refractivity contribution is 5.80. The van der Waals surface area contributed by atoms with Crippen molar-refractivity contribution in [3.8, 4) is 0 Å². The van der Waals surface area contributed by atoms with Crippen LogP contribution in [-0.4, -0.2) is 36.5 Å². The highest BCUT2D eigenvalue weighted by Crippen LogP contribution is 2.24. The molecule has 1 amide bonds. The maximum absolute atomic E-state index is 12.2. The Balaban J connectivity index is 2.67. The monoisotopic (exact) mass is 212 g/mol. The smallest absolute Gasteiger partial charge is 0.227 e. The van der Waals surface area contributed by atoms with Crippen molar-refractivity contribution in [3.05, 3.63) is 0 Å². The van der Waals surface area contributed by atoms with Gasteiger partial charge in [-0.3, -0.25) is 4.79 Å². The van der Waals surface area contributed by atoms with E-state index in [-0.39, 0.29) is 11.5 Å². The molecule has 2 unspecified atom stereocenters. The van der Waals surface area contributed by atoms with Gasteiger partial charge >= 0.3 is 0 Å². The molecule has 15 heavy (non-hydrogen) atoms. The molecule has 1 aliphatic rings. The van der Waals surface area contributed by atoms with Gasteiger partial charge in [-0.05, 0) is 32.7 Å². The van der Waals surface area contributed by atoms with Crippen LogP contribution in [0.1, 0.15) is 34.1 Å². The summed E-state index contributed by atoms with van der Waals surface area (Å²) in [5.74, 6) is 0.924. The molecule has 0 aliphatic carbocycles. The van der Waals surface area contributed by atoms with Crippen molar-refractivity contribution >= 4 is 5.91 Å². The number of nitrogens with zero attached hydrogens (tertiary/aromatic N) is 1. The van der Waals surface area contributed by atoms with Gasteiger partial charge in [-0.15, -0.1) is 0 Å². The van der Waals surface area contributed by atoms with Gasteiger partial charge in [0.05, 0.1) is 5.92 Å². The Hall–Kier alpha value is -0.570. The van der Waals surface area contributed by atoms with Crippen LogP contribution in [0.4, 0.5) is 0 Å². The Morgan fingerprint density at radius 1 is 1.47 bits per heavy atom. The van der Waals surface area contributed by atoms with Crippen LogP contribution < -0.4 is 5.32 Å². The van der Waals surface area contributed by atoms with E-state index in [4.69, 9.17) is 0 Å². The first-order valence-electron chi connectivity index (χ1n) is 5.88. The summed E-state index contributed by atoms with van der Waals surface area (Å²) in [7, 11) is 1.93. The van der Waals surface area contributed by atoms with Crippen molar-refractivity contribution in [1.82, 2.24) is 10.2 Å². The number of hydrogen-bond acceptors (Lipinski definition) is 2. The third kappa shape index (κ3) is 2.51. The number of hydrogen-bond donors (Lipinski definition) is 1. The zero-order chi connectivity index (χ0) is 11.6. The first-order valence-corrected chi connectivity index (χ1v) is 5.88. The van der Waals surface area contributed by atoms with Crippen LogP contribution in [0.3, 0.4) is 0 Å². The van der Waals surface area contributed by atoms with Gasteiger partial charge in [0.25, 0.3) is 0 Å². The van der Waals surface area contributed by atoms with E-state index in [1.807, 2.05) is 11.9 Å². The van der Waals surface area contributed by atoms with E-state index in [9.17, 15) is 4.79 Å².